The van der Waals surface area contributed by atoms with Gasteiger partial charge in [0.1, 0.15) is 5.82 Å². The van der Waals surface area contributed by atoms with Gasteiger partial charge in [0.15, 0.2) is 0 Å². The molecule has 1 aliphatic rings. The summed E-state index contributed by atoms with van der Waals surface area (Å²) in [5.74, 6) is 2.05. The van der Waals surface area contributed by atoms with Gasteiger partial charge in [-0.3, -0.25) is 14.5 Å². The van der Waals surface area contributed by atoms with Crippen LogP contribution < -0.4 is 10.2 Å². The van der Waals surface area contributed by atoms with E-state index in [1.165, 1.54) is 5.56 Å². The second kappa shape index (κ2) is 8.67. The molecule has 0 unspecified atom stereocenters. The number of pyridine rings is 1. The van der Waals surface area contributed by atoms with Gasteiger partial charge < -0.3 is 5.32 Å². The van der Waals surface area contributed by atoms with Gasteiger partial charge in [0.2, 0.25) is 11.8 Å². The molecule has 0 aliphatic carbocycles. The number of benzene rings is 1. The maximum absolute atomic E-state index is 12.0. The highest BCUT2D eigenvalue weighted by atomic mass is 32.2. The SMILES string of the molecule is O=C(CSCc1ccccc1)NCc1ccnc(N2CCCC2=O)c1. The predicted molar refractivity (Wildman–Crippen MR) is 100 cm³/mol. The molecule has 5 nitrogen and oxygen atoms in total. The molecule has 1 aliphatic heterocycles. The Labute approximate surface area is 151 Å². The summed E-state index contributed by atoms with van der Waals surface area (Å²) < 4.78 is 0. The van der Waals surface area contributed by atoms with E-state index in [-0.39, 0.29) is 11.8 Å². The molecule has 0 spiro atoms. The lowest BCUT2D eigenvalue weighted by molar-refractivity contribution is -0.119. The Hall–Kier alpha value is -2.34. The number of thioether (sulfide) groups is 1. The molecule has 0 saturated carbocycles. The maximum Gasteiger partial charge on any atom is 0.230 e. The second-order valence-corrected chi connectivity index (χ2v) is 6.91. The van der Waals surface area contributed by atoms with Gasteiger partial charge in [-0.2, -0.15) is 0 Å². The van der Waals surface area contributed by atoms with Crippen LogP contribution in [0.5, 0.6) is 0 Å². The van der Waals surface area contributed by atoms with Crippen molar-refractivity contribution in [3.05, 3.63) is 59.8 Å². The summed E-state index contributed by atoms with van der Waals surface area (Å²) in [7, 11) is 0. The van der Waals surface area contributed by atoms with E-state index in [1.54, 1.807) is 22.9 Å². The van der Waals surface area contributed by atoms with Gasteiger partial charge in [-0.15, -0.1) is 11.8 Å². The molecule has 1 N–H and O–H groups in total. The van der Waals surface area contributed by atoms with Crippen molar-refractivity contribution in [2.45, 2.75) is 25.1 Å². The predicted octanol–water partition coefficient (Wildman–Crippen LogP) is 2.76. The first-order valence-corrected chi connectivity index (χ1v) is 9.51. The number of amides is 2. The zero-order chi connectivity index (χ0) is 17.5. The molecule has 6 heteroatoms. The fraction of sp³-hybridized carbons (Fsp3) is 0.316. The van der Waals surface area contributed by atoms with E-state index >= 15 is 0 Å². The third kappa shape index (κ3) is 5.06. The number of anilines is 1. The molecular weight excluding hydrogens is 334 g/mol. The molecule has 1 aromatic heterocycles. The quantitative estimate of drug-likeness (QED) is 0.830. The first-order chi connectivity index (χ1) is 12.2. The smallest absolute Gasteiger partial charge is 0.230 e. The van der Waals surface area contributed by atoms with Crippen LogP contribution in [0, 0.1) is 0 Å². The van der Waals surface area contributed by atoms with Crippen molar-refractivity contribution in [3.8, 4) is 0 Å². The first kappa shape index (κ1) is 17.5. The van der Waals surface area contributed by atoms with Crippen LogP contribution in [0.25, 0.3) is 0 Å². The van der Waals surface area contributed by atoms with E-state index in [0.717, 1.165) is 24.3 Å². The summed E-state index contributed by atoms with van der Waals surface area (Å²) in [6.45, 7) is 1.17. The van der Waals surface area contributed by atoms with Gasteiger partial charge in [0.05, 0.1) is 5.75 Å². The molecule has 2 amide bonds. The fourth-order valence-corrected chi connectivity index (χ4v) is 3.51. The van der Waals surface area contributed by atoms with Crippen LogP contribution in [-0.4, -0.2) is 29.1 Å². The van der Waals surface area contributed by atoms with Gasteiger partial charge in [-0.25, -0.2) is 4.98 Å². The lowest BCUT2D eigenvalue weighted by atomic mass is 10.2. The number of nitrogens with zero attached hydrogens (tertiary/aromatic N) is 2. The molecule has 3 rings (SSSR count). The Morgan fingerprint density at radius 2 is 2.04 bits per heavy atom. The molecule has 0 radical (unpaired) electrons. The highest BCUT2D eigenvalue weighted by molar-refractivity contribution is 7.99. The first-order valence-electron chi connectivity index (χ1n) is 8.36. The van der Waals surface area contributed by atoms with Crippen molar-refractivity contribution in [1.82, 2.24) is 10.3 Å². The zero-order valence-corrected chi connectivity index (χ0v) is 14.8. The molecule has 1 aromatic carbocycles. The van der Waals surface area contributed by atoms with E-state index in [2.05, 4.69) is 22.4 Å². The van der Waals surface area contributed by atoms with Crippen molar-refractivity contribution in [3.63, 3.8) is 0 Å². The van der Waals surface area contributed by atoms with E-state index in [1.807, 2.05) is 30.3 Å². The van der Waals surface area contributed by atoms with Crippen molar-refractivity contribution in [2.75, 3.05) is 17.2 Å². The van der Waals surface area contributed by atoms with E-state index in [0.29, 0.717) is 24.5 Å². The lowest BCUT2D eigenvalue weighted by Crippen LogP contribution is -2.26. The molecule has 2 heterocycles. The van der Waals surface area contributed by atoms with Crippen LogP contribution in [0.2, 0.25) is 0 Å². The number of nitrogens with one attached hydrogen (secondary N) is 1. The minimum atomic E-state index is 0.0107. The van der Waals surface area contributed by atoms with Gasteiger partial charge >= 0.3 is 0 Å². The molecule has 25 heavy (non-hydrogen) atoms. The second-order valence-electron chi connectivity index (χ2n) is 5.93. The number of carbonyl (C=O) groups is 2. The van der Waals surface area contributed by atoms with Crippen molar-refractivity contribution in [2.24, 2.45) is 0 Å². The summed E-state index contributed by atoms with van der Waals surface area (Å²) in [5, 5.41) is 2.92. The average Bonchev–Trinajstić information content (AvgIpc) is 3.07. The molecule has 0 atom stereocenters. The number of carbonyl (C=O) groups excluding carboxylic acids is 2. The summed E-state index contributed by atoms with van der Waals surface area (Å²) in [5.41, 5.74) is 2.17. The van der Waals surface area contributed by atoms with E-state index in [4.69, 9.17) is 0 Å². The van der Waals surface area contributed by atoms with Crippen LogP contribution in [0.4, 0.5) is 5.82 Å². The number of hydrogen-bond donors (Lipinski definition) is 1. The van der Waals surface area contributed by atoms with Gasteiger partial charge in [-0.1, -0.05) is 30.3 Å². The Kier molecular flexibility index (Phi) is 6.06. The van der Waals surface area contributed by atoms with Crippen molar-refractivity contribution in [1.29, 1.82) is 0 Å². The van der Waals surface area contributed by atoms with Gasteiger partial charge in [-0.05, 0) is 29.7 Å². The van der Waals surface area contributed by atoms with Crippen LogP contribution in [-0.2, 0) is 21.9 Å². The Balaban J connectivity index is 1.45. The molecule has 1 fully saturated rings. The normalized spacial score (nSPS) is 13.9. The van der Waals surface area contributed by atoms with Crippen LogP contribution >= 0.6 is 11.8 Å². The minimum Gasteiger partial charge on any atom is -0.351 e. The highest BCUT2D eigenvalue weighted by Gasteiger charge is 2.22. The summed E-state index contributed by atoms with van der Waals surface area (Å²) in [6, 6.07) is 13.8. The average molecular weight is 355 g/mol. The number of rotatable bonds is 7. The zero-order valence-electron chi connectivity index (χ0n) is 14.0. The number of hydrogen-bond acceptors (Lipinski definition) is 4. The third-order valence-electron chi connectivity index (χ3n) is 3.99. The minimum absolute atomic E-state index is 0.0107. The van der Waals surface area contributed by atoms with Crippen LogP contribution in [0.1, 0.15) is 24.0 Å². The highest BCUT2D eigenvalue weighted by Crippen LogP contribution is 2.19. The standard InChI is InChI=1S/C19H21N3O2S/c23-18(14-25-13-15-5-2-1-3-6-15)21-12-16-8-9-20-17(11-16)22-10-4-7-19(22)24/h1-3,5-6,8-9,11H,4,7,10,12-14H2,(H,21,23). The van der Waals surface area contributed by atoms with Gasteiger partial charge in [0, 0.05) is 31.5 Å². The monoisotopic (exact) mass is 355 g/mol. The largest absolute Gasteiger partial charge is 0.351 e. The Morgan fingerprint density at radius 3 is 2.80 bits per heavy atom. The molecule has 130 valence electrons. The number of aromatic nitrogens is 1. The molecular formula is C19H21N3O2S. The maximum atomic E-state index is 12.0. The summed E-state index contributed by atoms with van der Waals surface area (Å²) >= 11 is 1.60. The van der Waals surface area contributed by atoms with Gasteiger partial charge in [0.25, 0.3) is 0 Å². The fourth-order valence-electron chi connectivity index (χ4n) is 2.70. The van der Waals surface area contributed by atoms with E-state index in [9.17, 15) is 9.59 Å². The summed E-state index contributed by atoms with van der Waals surface area (Å²) in [4.78, 5) is 29.8. The molecule has 1 saturated heterocycles. The lowest BCUT2D eigenvalue weighted by Gasteiger charge is -2.15. The summed E-state index contributed by atoms with van der Waals surface area (Å²) in [6.07, 6.45) is 3.15. The van der Waals surface area contributed by atoms with Crippen LogP contribution in [0.3, 0.4) is 0 Å². The third-order valence-corrected chi connectivity index (χ3v) is 5.00. The Morgan fingerprint density at radius 1 is 1.20 bits per heavy atom. The molecule has 2 aromatic rings. The van der Waals surface area contributed by atoms with Crippen LogP contribution in [0.15, 0.2) is 48.7 Å². The molecule has 0 bridgehead atoms. The Bertz CT molecular complexity index is 736. The van der Waals surface area contributed by atoms with Crippen molar-refractivity contribution < 1.29 is 9.59 Å². The van der Waals surface area contributed by atoms with Crippen molar-refractivity contribution >= 4 is 29.4 Å². The topological polar surface area (TPSA) is 62.3 Å². The van der Waals surface area contributed by atoms with E-state index < -0.39 is 0 Å².